The maximum atomic E-state index is 13.0. The summed E-state index contributed by atoms with van der Waals surface area (Å²) in [5.41, 5.74) is 2.84. The molecule has 5 rings (SSSR count). The first-order valence-electron chi connectivity index (χ1n) is 9.38. The molecule has 2 aromatic heterocycles. The van der Waals surface area contributed by atoms with Crippen LogP contribution in [-0.2, 0) is 17.8 Å². The Bertz CT molecular complexity index is 1030. The summed E-state index contributed by atoms with van der Waals surface area (Å²) in [5.74, 6) is -0.141. The minimum atomic E-state index is -0.0746. The molecule has 28 heavy (non-hydrogen) atoms. The molecule has 4 heterocycles. The fraction of sp³-hybridized carbons (Fsp3) is 0.350. The second-order valence-corrected chi connectivity index (χ2v) is 7.33. The number of carbonyl (C=O) groups is 2. The quantitative estimate of drug-likeness (QED) is 0.747. The Labute approximate surface area is 161 Å². The Hall–Kier alpha value is -3.13. The van der Waals surface area contributed by atoms with Crippen molar-refractivity contribution in [3.05, 3.63) is 53.5 Å². The number of hydrogen-bond acceptors (Lipinski definition) is 4. The molecule has 0 spiro atoms. The third-order valence-electron chi connectivity index (χ3n) is 5.64. The molecule has 0 atom stereocenters. The number of rotatable bonds is 3. The third kappa shape index (κ3) is 2.68. The van der Waals surface area contributed by atoms with Crippen molar-refractivity contribution in [1.29, 1.82) is 0 Å². The van der Waals surface area contributed by atoms with E-state index < -0.39 is 0 Å². The summed E-state index contributed by atoms with van der Waals surface area (Å²) in [6.07, 6.45) is 1.62. The number of nitrogens with one attached hydrogen (secondary N) is 1. The van der Waals surface area contributed by atoms with Gasteiger partial charge in [-0.2, -0.15) is 5.10 Å². The van der Waals surface area contributed by atoms with Crippen molar-refractivity contribution in [2.45, 2.75) is 19.1 Å². The standard InChI is InChI=1S/C20H21N5O3/c1-23(14-11-28-12-14)19(26)15-9-21-25-7-6-24(10-18(15)25)20(27)17-8-13-4-2-3-5-16(13)22-17/h2-5,8-9,14,22H,6-7,10-12H2,1H3. The Balaban J connectivity index is 1.39. The molecule has 1 fully saturated rings. The summed E-state index contributed by atoms with van der Waals surface area (Å²) in [6, 6.07) is 9.80. The molecule has 0 unspecified atom stereocenters. The molecular weight excluding hydrogens is 358 g/mol. The van der Waals surface area contributed by atoms with Crippen LogP contribution < -0.4 is 0 Å². The average Bonchev–Trinajstić information content (AvgIpc) is 3.28. The fourth-order valence-corrected chi connectivity index (χ4v) is 3.76. The lowest BCUT2D eigenvalue weighted by atomic mass is 10.1. The Morgan fingerprint density at radius 1 is 1.25 bits per heavy atom. The third-order valence-corrected chi connectivity index (χ3v) is 5.64. The monoisotopic (exact) mass is 379 g/mol. The van der Waals surface area contributed by atoms with Gasteiger partial charge in [0.2, 0.25) is 0 Å². The number of aromatic amines is 1. The van der Waals surface area contributed by atoms with E-state index in [-0.39, 0.29) is 17.9 Å². The number of ether oxygens (including phenoxy) is 1. The molecule has 0 bridgehead atoms. The lowest BCUT2D eigenvalue weighted by Crippen LogP contribution is -2.50. The highest BCUT2D eigenvalue weighted by atomic mass is 16.5. The van der Waals surface area contributed by atoms with Gasteiger partial charge in [0.1, 0.15) is 5.69 Å². The number of fused-ring (bicyclic) bond motifs is 2. The molecule has 1 N–H and O–H groups in total. The molecule has 1 saturated heterocycles. The van der Waals surface area contributed by atoms with Gasteiger partial charge in [-0.1, -0.05) is 18.2 Å². The van der Waals surface area contributed by atoms with Gasteiger partial charge in [0.25, 0.3) is 11.8 Å². The Morgan fingerprint density at radius 2 is 2.07 bits per heavy atom. The average molecular weight is 379 g/mol. The van der Waals surface area contributed by atoms with E-state index in [4.69, 9.17) is 4.74 Å². The largest absolute Gasteiger partial charge is 0.377 e. The fourth-order valence-electron chi connectivity index (χ4n) is 3.76. The highest BCUT2D eigenvalue weighted by Gasteiger charge is 2.32. The molecule has 3 aromatic rings. The number of H-pyrrole nitrogens is 1. The molecule has 2 aliphatic heterocycles. The van der Waals surface area contributed by atoms with Gasteiger partial charge >= 0.3 is 0 Å². The van der Waals surface area contributed by atoms with E-state index in [0.717, 1.165) is 16.6 Å². The normalized spacial score (nSPS) is 16.7. The van der Waals surface area contributed by atoms with Crippen LogP contribution in [0.2, 0.25) is 0 Å². The van der Waals surface area contributed by atoms with Gasteiger partial charge in [0.05, 0.1) is 49.8 Å². The molecule has 0 saturated carbocycles. The van der Waals surface area contributed by atoms with E-state index in [1.165, 1.54) is 0 Å². The van der Waals surface area contributed by atoms with Crippen LogP contribution in [0.1, 0.15) is 26.5 Å². The van der Waals surface area contributed by atoms with Crippen molar-refractivity contribution >= 4 is 22.7 Å². The van der Waals surface area contributed by atoms with E-state index in [9.17, 15) is 9.59 Å². The summed E-state index contributed by atoms with van der Waals surface area (Å²) >= 11 is 0. The number of hydrogen-bond donors (Lipinski definition) is 1. The summed E-state index contributed by atoms with van der Waals surface area (Å²) in [5, 5.41) is 5.36. The smallest absolute Gasteiger partial charge is 0.270 e. The number of likely N-dealkylation sites (N-methyl/N-ethyl adjacent to an activating group) is 1. The first-order valence-corrected chi connectivity index (χ1v) is 9.38. The summed E-state index contributed by atoms with van der Waals surface area (Å²) in [7, 11) is 1.79. The number of benzene rings is 1. The number of para-hydroxylation sites is 1. The minimum absolute atomic E-state index is 0.0669. The predicted molar refractivity (Wildman–Crippen MR) is 102 cm³/mol. The van der Waals surface area contributed by atoms with Crippen LogP contribution in [0, 0.1) is 0 Å². The van der Waals surface area contributed by atoms with Crippen molar-refractivity contribution in [3.8, 4) is 0 Å². The summed E-state index contributed by atoms with van der Waals surface area (Å²) in [4.78, 5) is 32.6. The summed E-state index contributed by atoms with van der Waals surface area (Å²) in [6.45, 7) is 2.63. The lowest BCUT2D eigenvalue weighted by molar-refractivity contribution is -0.0468. The van der Waals surface area contributed by atoms with Crippen LogP contribution in [0.25, 0.3) is 10.9 Å². The molecule has 8 nitrogen and oxygen atoms in total. The maximum absolute atomic E-state index is 13.0. The number of aromatic nitrogens is 3. The molecule has 0 radical (unpaired) electrons. The molecule has 1 aromatic carbocycles. The van der Waals surface area contributed by atoms with Crippen LogP contribution >= 0.6 is 0 Å². The van der Waals surface area contributed by atoms with Crippen molar-refractivity contribution in [2.75, 3.05) is 26.8 Å². The second-order valence-electron chi connectivity index (χ2n) is 7.33. The van der Waals surface area contributed by atoms with Gasteiger partial charge in [-0.3, -0.25) is 14.3 Å². The van der Waals surface area contributed by atoms with Crippen molar-refractivity contribution in [2.24, 2.45) is 0 Å². The topological polar surface area (TPSA) is 83.5 Å². The van der Waals surface area contributed by atoms with E-state index in [1.54, 1.807) is 23.0 Å². The summed E-state index contributed by atoms with van der Waals surface area (Å²) < 4.78 is 7.01. The van der Waals surface area contributed by atoms with E-state index in [2.05, 4.69) is 10.1 Å². The molecule has 8 heteroatoms. The molecule has 2 aliphatic rings. The number of nitrogens with zero attached hydrogens (tertiary/aromatic N) is 4. The van der Waals surface area contributed by atoms with Gasteiger partial charge in [-0.05, 0) is 12.1 Å². The highest BCUT2D eigenvalue weighted by molar-refractivity contribution is 5.98. The van der Waals surface area contributed by atoms with Gasteiger partial charge in [-0.15, -0.1) is 0 Å². The molecule has 2 amide bonds. The SMILES string of the molecule is CN(C(=O)c1cnn2c1CN(C(=O)c1cc3ccccc3[nH]1)CC2)C1COC1. The molecule has 0 aliphatic carbocycles. The molecular formula is C20H21N5O3. The minimum Gasteiger partial charge on any atom is -0.377 e. The van der Waals surface area contributed by atoms with Crippen molar-refractivity contribution in [3.63, 3.8) is 0 Å². The van der Waals surface area contributed by atoms with Crippen molar-refractivity contribution in [1.82, 2.24) is 24.6 Å². The zero-order chi connectivity index (χ0) is 19.3. The first-order chi connectivity index (χ1) is 13.6. The zero-order valence-corrected chi connectivity index (χ0v) is 15.6. The van der Waals surface area contributed by atoms with Crippen LogP contribution in [0.4, 0.5) is 0 Å². The van der Waals surface area contributed by atoms with E-state index in [1.807, 2.05) is 35.0 Å². The Kier molecular flexibility index (Phi) is 3.94. The highest BCUT2D eigenvalue weighted by Crippen LogP contribution is 2.22. The van der Waals surface area contributed by atoms with Gasteiger partial charge < -0.3 is 19.5 Å². The van der Waals surface area contributed by atoms with Crippen LogP contribution in [-0.4, -0.2) is 69.2 Å². The van der Waals surface area contributed by atoms with Gasteiger partial charge in [0, 0.05) is 24.5 Å². The van der Waals surface area contributed by atoms with Gasteiger partial charge in [-0.25, -0.2) is 0 Å². The first kappa shape index (κ1) is 17.0. The van der Waals surface area contributed by atoms with Crippen LogP contribution in [0.3, 0.4) is 0 Å². The second kappa shape index (κ2) is 6.49. The van der Waals surface area contributed by atoms with Gasteiger partial charge in [0.15, 0.2) is 0 Å². The van der Waals surface area contributed by atoms with E-state index in [0.29, 0.717) is 44.1 Å². The Morgan fingerprint density at radius 3 is 2.82 bits per heavy atom. The molecule has 144 valence electrons. The number of amides is 2. The van der Waals surface area contributed by atoms with Crippen LogP contribution in [0.15, 0.2) is 36.5 Å². The van der Waals surface area contributed by atoms with Crippen molar-refractivity contribution < 1.29 is 14.3 Å². The van der Waals surface area contributed by atoms with E-state index >= 15 is 0 Å². The zero-order valence-electron chi connectivity index (χ0n) is 15.6. The lowest BCUT2D eigenvalue weighted by Gasteiger charge is -2.35. The number of carbonyl (C=O) groups excluding carboxylic acids is 2. The predicted octanol–water partition coefficient (Wildman–Crippen LogP) is 1.49. The maximum Gasteiger partial charge on any atom is 0.270 e. The van der Waals surface area contributed by atoms with Crippen LogP contribution in [0.5, 0.6) is 0 Å².